The number of benzene rings is 3. The second-order valence-corrected chi connectivity index (χ2v) is 8.37. The monoisotopic (exact) mass is 444 g/mol. The van der Waals surface area contributed by atoms with E-state index in [0.29, 0.717) is 23.6 Å². The smallest absolute Gasteiger partial charge is 0.338 e. The second-order valence-electron chi connectivity index (χ2n) is 8.37. The number of carbonyl (C=O) groups excluding carboxylic acids is 2. The highest BCUT2D eigenvalue weighted by Crippen LogP contribution is 2.40. The van der Waals surface area contributed by atoms with Gasteiger partial charge < -0.3 is 19.7 Å². The van der Waals surface area contributed by atoms with Crippen LogP contribution in [0.15, 0.2) is 78.0 Å². The summed E-state index contributed by atoms with van der Waals surface area (Å²) in [6.45, 7) is 5.74. The lowest BCUT2D eigenvalue weighted by atomic mass is 9.90. The van der Waals surface area contributed by atoms with Gasteiger partial charge in [0.05, 0.1) is 17.7 Å². The van der Waals surface area contributed by atoms with Gasteiger partial charge >= 0.3 is 12.0 Å². The Hall–Kier alpha value is -3.80. The molecule has 0 saturated carbocycles. The summed E-state index contributed by atoms with van der Waals surface area (Å²) in [5, 5.41) is 4.89. The highest BCUT2D eigenvalue weighted by atomic mass is 16.5. The second kappa shape index (κ2) is 9.36. The van der Waals surface area contributed by atoms with Crippen LogP contribution in [0, 0.1) is 0 Å². The van der Waals surface area contributed by atoms with Gasteiger partial charge in [0.25, 0.3) is 0 Å². The van der Waals surface area contributed by atoms with E-state index in [4.69, 9.17) is 9.47 Å². The van der Waals surface area contributed by atoms with Crippen LogP contribution in [-0.2, 0) is 16.1 Å². The molecule has 1 atom stereocenters. The zero-order valence-electron chi connectivity index (χ0n) is 19.3. The molecule has 0 spiro atoms. The summed E-state index contributed by atoms with van der Waals surface area (Å²) >= 11 is 0. The fourth-order valence-electron chi connectivity index (χ4n) is 4.03. The summed E-state index contributed by atoms with van der Waals surface area (Å²) < 4.78 is 11.8. The minimum Gasteiger partial charge on any atom is -0.489 e. The highest BCUT2D eigenvalue weighted by Gasteiger charge is 2.37. The summed E-state index contributed by atoms with van der Waals surface area (Å²) in [6.07, 6.45) is -0.289. The lowest BCUT2D eigenvalue weighted by Gasteiger charge is -2.34. The number of nitrogens with zero attached hydrogens (tertiary/aromatic N) is 1. The van der Waals surface area contributed by atoms with E-state index < -0.39 is 12.0 Å². The first-order chi connectivity index (χ1) is 15.9. The number of amides is 2. The molecule has 1 N–H and O–H groups in total. The minimum atomic E-state index is -0.711. The Morgan fingerprint density at radius 2 is 1.73 bits per heavy atom. The van der Waals surface area contributed by atoms with Crippen molar-refractivity contribution in [1.82, 2.24) is 10.2 Å². The molecular weight excluding hydrogens is 416 g/mol. The highest BCUT2D eigenvalue weighted by molar-refractivity contribution is 5.98. The van der Waals surface area contributed by atoms with E-state index in [-0.39, 0.29) is 12.1 Å². The van der Waals surface area contributed by atoms with Gasteiger partial charge in [-0.1, -0.05) is 60.7 Å². The van der Waals surface area contributed by atoms with Crippen LogP contribution in [0.2, 0.25) is 0 Å². The summed E-state index contributed by atoms with van der Waals surface area (Å²) in [5.41, 5.74) is 2.71. The van der Waals surface area contributed by atoms with Crippen LogP contribution in [0.3, 0.4) is 0 Å². The lowest BCUT2D eigenvalue weighted by molar-refractivity contribution is -0.143. The molecule has 0 fully saturated rings. The zero-order valence-corrected chi connectivity index (χ0v) is 19.3. The fraction of sp³-hybridized carbons (Fsp3) is 0.259. The molecule has 4 rings (SSSR count). The molecule has 3 aromatic carbocycles. The number of allylic oxidation sites excluding steroid dienone is 1. The van der Waals surface area contributed by atoms with Crippen molar-refractivity contribution in [3.8, 4) is 5.75 Å². The average molecular weight is 445 g/mol. The molecule has 0 aromatic heterocycles. The van der Waals surface area contributed by atoms with Crippen molar-refractivity contribution in [3.63, 3.8) is 0 Å². The molecular formula is C27H28N2O4. The van der Waals surface area contributed by atoms with Crippen molar-refractivity contribution in [2.75, 3.05) is 7.05 Å². The van der Waals surface area contributed by atoms with Gasteiger partial charge in [0, 0.05) is 18.3 Å². The first-order valence-corrected chi connectivity index (χ1v) is 11.0. The third-order valence-corrected chi connectivity index (χ3v) is 5.77. The molecule has 33 heavy (non-hydrogen) atoms. The van der Waals surface area contributed by atoms with E-state index >= 15 is 0 Å². The van der Waals surface area contributed by atoms with Gasteiger partial charge in [0.15, 0.2) is 0 Å². The number of rotatable bonds is 6. The topological polar surface area (TPSA) is 67.9 Å². The number of carbonyl (C=O) groups is 2. The van der Waals surface area contributed by atoms with Crippen molar-refractivity contribution in [1.29, 1.82) is 0 Å². The van der Waals surface area contributed by atoms with E-state index in [1.54, 1.807) is 27.8 Å². The predicted octanol–water partition coefficient (Wildman–Crippen LogP) is 5.34. The number of hydrogen-bond donors (Lipinski definition) is 1. The van der Waals surface area contributed by atoms with Crippen molar-refractivity contribution in [2.45, 2.75) is 39.5 Å². The van der Waals surface area contributed by atoms with Crippen molar-refractivity contribution in [3.05, 3.63) is 89.1 Å². The number of urea groups is 1. The zero-order chi connectivity index (χ0) is 23.5. The Balaban J connectivity index is 1.86. The molecule has 1 unspecified atom stereocenters. The molecule has 6 heteroatoms. The third kappa shape index (κ3) is 4.55. The predicted molar refractivity (Wildman–Crippen MR) is 128 cm³/mol. The van der Waals surface area contributed by atoms with Gasteiger partial charge in [-0.15, -0.1) is 0 Å². The molecule has 170 valence electrons. The Labute approximate surface area is 193 Å². The first-order valence-electron chi connectivity index (χ1n) is 11.0. The molecule has 0 radical (unpaired) electrons. The van der Waals surface area contributed by atoms with Gasteiger partial charge in [0.2, 0.25) is 0 Å². The van der Waals surface area contributed by atoms with Crippen LogP contribution < -0.4 is 10.1 Å². The quantitative estimate of drug-likeness (QED) is 0.521. The number of esters is 1. The number of hydrogen-bond acceptors (Lipinski definition) is 4. The fourth-order valence-corrected chi connectivity index (χ4v) is 4.03. The Kier molecular flexibility index (Phi) is 6.36. The van der Waals surface area contributed by atoms with Gasteiger partial charge in [-0.05, 0) is 43.2 Å². The Bertz CT molecular complexity index is 1220. The molecule has 6 nitrogen and oxygen atoms in total. The summed E-state index contributed by atoms with van der Waals surface area (Å²) in [6, 6.07) is 20.6. The van der Waals surface area contributed by atoms with E-state index in [2.05, 4.69) is 5.32 Å². The van der Waals surface area contributed by atoms with E-state index in [1.165, 1.54) is 4.90 Å². The maximum atomic E-state index is 13.2. The normalized spacial score (nSPS) is 16.2. The molecule has 3 aromatic rings. The van der Waals surface area contributed by atoms with Crippen molar-refractivity contribution in [2.24, 2.45) is 0 Å². The largest absolute Gasteiger partial charge is 0.489 e. The number of ether oxygens (including phenoxy) is 2. The molecule has 1 heterocycles. The van der Waals surface area contributed by atoms with E-state index in [1.807, 2.05) is 66.7 Å². The van der Waals surface area contributed by atoms with Crippen LogP contribution in [0.1, 0.15) is 37.9 Å². The van der Waals surface area contributed by atoms with Crippen molar-refractivity contribution < 1.29 is 19.1 Å². The van der Waals surface area contributed by atoms with E-state index in [9.17, 15) is 9.59 Å². The standard InChI is InChI=1S/C27H28N2O4/c1-17(2)33-26(30)23-18(3)29(4)27(31)28-25(23)24-21-13-9-8-12-20(21)14-15-22(24)32-16-19-10-6-5-7-11-19/h5-15,17,25H,16H2,1-4H3,(H,28,31). The van der Waals surface area contributed by atoms with Gasteiger partial charge in [-0.2, -0.15) is 0 Å². The van der Waals surface area contributed by atoms with Crippen LogP contribution >= 0.6 is 0 Å². The van der Waals surface area contributed by atoms with Crippen LogP contribution in [0.5, 0.6) is 5.75 Å². The molecule has 0 aliphatic carbocycles. The Morgan fingerprint density at radius 1 is 1.03 bits per heavy atom. The van der Waals surface area contributed by atoms with E-state index in [0.717, 1.165) is 21.9 Å². The molecule has 0 bridgehead atoms. The van der Waals surface area contributed by atoms with Gasteiger partial charge in [-0.3, -0.25) is 0 Å². The number of nitrogens with one attached hydrogen (secondary N) is 1. The molecule has 0 saturated heterocycles. The third-order valence-electron chi connectivity index (χ3n) is 5.77. The first kappa shape index (κ1) is 22.4. The molecule has 2 amide bonds. The maximum absolute atomic E-state index is 13.2. The summed E-state index contributed by atoms with van der Waals surface area (Å²) in [7, 11) is 1.64. The summed E-state index contributed by atoms with van der Waals surface area (Å²) in [4.78, 5) is 27.4. The van der Waals surface area contributed by atoms with Crippen LogP contribution in [0.25, 0.3) is 10.8 Å². The number of fused-ring (bicyclic) bond motifs is 1. The Morgan fingerprint density at radius 3 is 2.45 bits per heavy atom. The van der Waals surface area contributed by atoms with Crippen LogP contribution in [0.4, 0.5) is 4.79 Å². The maximum Gasteiger partial charge on any atom is 0.338 e. The van der Waals surface area contributed by atoms with Gasteiger partial charge in [0.1, 0.15) is 12.4 Å². The van der Waals surface area contributed by atoms with Crippen molar-refractivity contribution >= 4 is 22.8 Å². The van der Waals surface area contributed by atoms with Crippen LogP contribution in [-0.4, -0.2) is 30.1 Å². The average Bonchev–Trinajstić information content (AvgIpc) is 2.80. The SMILES string of the molecule is CC1=C(C(=O)OC(C)C)C(c2c(OCc3ccccc3)ccc3ccccc23)NC(=O)N1C. The molecule has 1 aliphatic heterocycles. The van der Waals surface area contributed by atoms with Gasteiger partial charge in [-0.25, -0.2) is 9.59 Å². The lowest BCUT2D eigenvalue weighted by Crippen LogP contribution is -2.46. The molecule has 1 aliphatic rings. The minimum absolute atomic E-state index is 0.289. The summed E-state index contributed by atoms with van der Waals surface area (Å²) in [5.74, 6) is 0.149.